The summed E-state index contributed by atoms with van der Waals surface area (Å²) < 4.78 is 1.37. The van der Waals surface area contributed by atoms with Crippen LogP contribution in [0.25, 0.3) is 0 Å². The maximum atomic E-state index is 11.6. The number of nitrogens with one attached hydrogen (secondary N) is 1. The molecule has 5 heteroatoms. The average molecular weight is 342 g/mol. The first kappa shape index (κ1) is 17.9. The van der Waals surface area contributed by atoms with Gasteiger partial charge in [-0.15, -0.1) is 0 Å². The van der Waals surface area contributed by atoms with Crippen LogP contribution in [0.3, 0.4) is 0 Å². The van der Waals surface area contributed by atoms with Crippen LogP contribution in [0.15, 0.2) is 29.1 Å². The Labute approximate surface area is 150 Å². The van der Waals surface area contributed by atoms with Crippen molar-refractivity contribution in [1.82, 2.24) is 19.7 Å². The summed E-state index contributed by atoms with van der Waals surface area (Å²) in [5, 5.41) is 4.29. The largest absolute Gasteiger partial charge is 0.343 e. The van der Waals surface area contributed by atoms with Gasteiger partial charge in [0.05, 0.1) is 6.54 Å². The van der Waals surface area contributed by atoms with Gasteiger partial charge in [-0.05, 0) is 49.3 Å². The van der Waals surface area contributed by atoms with E-state index >= 15 is 0 Å². The molecule has 3 rings (SSSR count). The second-order valence-electron chi connectivity index (χ2n) is 8.65. The van der Waals surface area contributed by atoms with Crippen LogP contribution in [0.5, 0.6) is 0 Å². The Hall–Kier alpha value is -1.88. The molecule has 0 spiro atoms. The van der Waals surface area contributed by atoms with Crippen molar-refractivity contribution in [2.75, 3.05) is 6.54 Å². The lowest BCUT2D eigenvalue weighted by Crippen LogP contribution is -2.42. The van der Waals surface area contributed by atoms with Crippen LogP contribution in [0, 0.1) is 0 Å². The van der Waals surface area contributed by atoms with Gasteiger partial charge in [0.15, 0.2) is 0 Å². The molecule has 5 nitrogen and oxygen atoms in total. The standard InChI is InChI=1S/C20H30N4O/c1-19(2,3)16-9-7-15(8-10-16)13-20(4)11-6-12-24(20)14-17-21-18(25)23(5)22-17/h7-10H,6,11-14H2,1-5H3,(H,21,22,25). The van der Waals surface area contributed by atoms with Crippen LogP contribution in [0.4, 0.5) is 0 Å². The van der Waals surface area contributed by atoms with E-state index in [0.717, 1.165) is 18.8 Å². The second kappa shape index (κ2) is 6.45. The summed E-state index contributed by atoms with van der Waals surface area (Å²) in [6, 6.07) is 9.05. The van der Waals surface area contributed by atoms with Crippen molar-refractivity contribution in [1.29, 1.82) is 0 Å². The van der Waals surface area contributed by atoms with Crippen LogP contribution in [-0.4, -0.2) is 31.7 Å². The molecule has 1 N–H and O–H groups in total. The highest BCUT2D eigenvalue weighted by atomic mass is 16.1. The fraction of sp³-hybridized carbons (Fsp3) is 0.600. The molecular formula is C20H30N4O. The van der Waals surface area contributed by atoms with E-state index in [1.807, 2.05) is 0 Å². The van der Waals surface area contributed by atoms with Gasteiger partial charge in [-0.2, -0.15) is 5.10 Å². The van der Waals surface area contributed by atoms with Crippen LogP contribution in [0.2, 0.25) is 0 Å². The van der Waals surface area contributed by atoms with E-state index in [4.69, 9.17) is 0 Å². The van der Waals surface area contributed by atoms with Gasteiger partial charge < -0.3 is 0 Å². The van der Waals surface area contributed by atoms with Gasteiger partial charge in [-0.1, -0.05) is 45.0 Å². The van der Waals surface area contributed by atoms with Crippen molar-refractivity contribution in [3.63, 3.8) is 0 Å². The molecule has 2 aromatic rings. The molecule has 0 saturated carbocycles. The minimum Gasteiger partial charge on any atom is -0.292 e. The Balaban J connectivity index is 1.74. The Morgan fingerprint density at radius 3 is 2.48 bits per heavy atom. The zero-order valence-corrected chi connectivity index (χ0v) is 16.1. The first-order valence-corrected chi connectivity index (χ1v) is 9.14. The monoisotopic (exact) mass is 342 g/mol. The lowest BCUT2D eigenvalue weighted by Gasteiger charge is -2.35. The molecule has 1 aliphatic heterocycles. The lowest BCUT2D eigenvalue weighted by atomic mass is 9.85. The maximum Gasteiger partial charge on any atom is 0.343 e. The summed E-state index contributed by atoms with van der Waals surface area (Å²) in [7, 11) is 1.68. The molecule has 1 saturated heterocycles. The van der Waals surface area contributed by atoms with E-state index in [1.54, 1.807) is 7.05 Å². The Morgan fingerprint density at radius 1 is 1.24 bits per heavy atom. The Morgan fingerprint density at radius 2 is 1.92 bits per heavy atom. The summed E-state index contributed by atoms with van der Waals surface area (Å²) in [6.45, 7) is 10.8. The minimum atomic E-state index is -0.145. The van der Waals surface area contributed by atoms with Crippen molar-refractivity contribution in [2.45, 2.75) is 64.5 Å². The molecule has 25 heavy (non-hydrogen) atoms. The quantitative estimate of drug-likeness (QED) is 0.929. The van der Waals surface area contributed by atoms with Crippen molar-refractivity contribution in [2.24, 2.45) is 7.05 Å². The maximum absolute atomic E-state index is 11.6. The average Bonchev–Trinajstić information content (AvgIpc) is 3.02. The first-order chi connectivity index (χ1) is 11.7. The molecule has 0 radical (unpaired) electrons. The predicted octanol–water partition coefficient (Wildman–Crippen LogP) is 3.00. The van der Waals surface area contributed by atoms with E-state index < -0.39 is 0 Å². The van der Waals surface area contributed by atoms with Crippen molar-refractivity contribution < 1.29 is 0 Å². The summed E-state index contributed by atoms with van der Waals surface area (Å²) in [5.41, 5.74) is 2.89. The SMILES string of the molecule is Cn1nc(CN2CCCC2(C)Cc2ccc(C(C)(C)C)cc2)[nH]c1=O. The van der Waals surface area contributed by atoms with Crippen LogP contribution < -0.4 is 5.69 Å². The Kier molecular flexibility index (Phi) is 4.62. The number of aryl methyl sites for hydroxylation is 1. The molecule has 1 atom stereocenters. The van der Waals surface area contributed by atoms with Crippen molar-refractivity contribution in [3.05, 3.63) is 51.7 Å². The van der Waals surface area contributed by atoms with Gasteiger partial charge in [0.1, 0.15) is 5.82 Å². The van der Waals surface area contributed by atoms with Crippen LogP contribution >= 0.6 is 0 Å². The van der Waals surface area contributed by atoms with Crippen molar-refractivity contribution >= 4 is 0 Å². The van der Waals surface area contributed by atoms with Gasteiger partial charge in [-0.3, -0.25) is 9.88 Å². The number of hydrogen-bond acceptors (Lipinski definition) is 3. The van der Waals surface area contributed by atoms with E-state index in [9.17, 15) is 4.79 Å². The summed E-state index contributed by atoms with van der Waals surface area (Å²) in [4.78, 5) is 16.9. The molecule has 2 heterocycles. The molecular weight excluding hydrogens is 312 g/mol. The number of benzene rings is 1. The molecule has 0 bridgehead atoms. The van der Waals surface area contributed by atoms with Crippen LogP contribution in [-0.2, 0) is 25.4 Å². The lowest BCUT2D eigenvalue weighted by molar-refractivity contribution is 0.143. The van der Waals surface area contributed by atoms with E-state index in [-0.39, 0.29) is 16.6 Å². The van der Waals surface area contributed by atoms with Gasteiger partial charge in [0.25, 0.3) is 0 Å². The highest BCUT2D eigenvalue weighted by Gasteiger charge is 2.37. The number of nitrogens with zero attached hydrogens (tertiary/aromatic N) is 3. The third kappa shape index (κ3) is 3.87. The van der Waals surface area contributed by atoms with Crippen molar-refractivity contribution in [3.8, 4) is 0 Å². The number of likely N-dealkylation sites (tertiary alicyclic amines) is 1. The molecule has 0 aliphatic carbocycles. The van der Waals surface area contributed by atoms with E-state index in [2.05, 4.69) is 66.9 Å². The van der Waals surface area contributed by atoms with Gasteiger partial charge in [-0.25, -0.2) is 9.48 Å². The third-order valence-corrected chi connectivity index (χ3v) is 5.47. The van der Waals surface area contributed by atoms with E-state index in [1.165, 1.54) is 28.7 Å². The smallest absolute Gasteiger partial charge is 0.292 e. The Bertz CT molecular complexity index is 781. The van der Waals surface area contributed by atoms with Gasteiger partial charge >= 0.3 is 5.69 Å². The second-order valence-corrected chi connectivity index (χ2v) is 8.65. The summed E-state index contributed by atoms with van der Waals surface area (Å²) in [6.07, 6.45) is 3.38. The normalized spacial score (nSPS) is 21.8. The number of H-pyrrole nitrogens is 1. The summed E-state index contributed by atoms with van der Waals surface area (Å²) in [5.74, 6) is 0.753. The highest BCUT2D eigenvalue weighted by Crippen LogP contribution is 2.33. The summed E-state index contributed by atoms with van der Waals surface area (Å²) >= 11 is 0. The fourth-order valence-corrected chi connectivity index (χ4v) is 3.82. The number of aromatic amines is 1. The van der Waals surface area contributed by atoms with E-state index in [0.29, 0.717) is 6.54 Å². The fourth-order valence-electron chi connectivity index (χ4n) is 3.82. The molecule has 1 aliphatic rings. The van der Waals surface area contributed by atoms with Gasteiger partial charge in [0.2, 0.25) is 0 Å². The minimum absolute atomic E-state index is 0.109. The molecule has 1 aromatic heterocycles. The molecule has 136 valence electrons. The zero-order chi connectivity index (χ0) is 18.2. The van der Waals surface area contributed by atoms with Crippen LogP contribution in [0.1, 0.15) is 57.5 Å². The van der Waals surface area contributed by atoms with Gasteiger partial charge in [0, 0.05) is 12.6 Å². The molecule has 0 amide bonds. The number of hydrogen-bond donors (Lipinski definition) is 1. The zero-order valence-electron chi connectivity index (χ0n) is 16.1. The third-order valence-electron chi connectivity index (χ3n) is 5.47. The highest BCUT2D eigenvalue weighted by molar-refractivity contribution is 5.28. The molecule has 1 unspecified atom stereocenters. The predicted molar refractivity (Wildman–Crippen MR) is 101 cm³/mol. The first-order valence-electron chi connectivity index (χ1n) is 9.14. The number of aromatic nitrogens is 3. The number of rotatable bonds is 4. The topological polar surface area (TPSA) is 53.9 Å². The molecule has 1 aromatic carbocycles. The molecule has 1 fully saturated rings.